The summed E-state index contributed by atoms with van der Waals surface area (Å²) < 4.78 is 3.51. The monoisotopic (exact) mass is 314 g/mol. The summed E-state index contributed by atoms with van der Waals surface area (Å²) in [6.45, 7) is 6.19. The summed E-state index contributed by atoms with van der Waals surface area (Å²) in [6, 6.07) is 0. The zero-order valence-electron chi connectivity index (χ0n) is 7.03. The van der Waals surface area contributed by atoms with Gasteiger partial charge in [0.2, 0.25) is 0 Å². The third kappa shape index (κ3) is 1.86. The van der Waals surface area contributed by atoms with Crippen molar-refractivity contribution in [3.05, 3.63) is 14.2 Å². The molecule has 0 saturated heterocycles. The highest BCUT2D eigenvalue weighted by Gasteiger charge is 2.21. The molecule has 0 aliphatic rings. The van der Waals surface area contributed by atoms with Crippen LogP contribution in [0, 0.1) is 0 Å². The van der Waals surface area contributed by atoms with Gasteiger partial charge in [-0.25, -0.2) is 0 Å². The summed E-state index contributed by atoms with van der Waals surface area (Å²) >= 11 is 12.6. The van der Waals surface area contributed by atoms with Crippen molar-refractivity contribution in [3.63, 3.8) is 0 Å². The number of aromatic nitrogens is 2. The summed E-state index contributed by atoms with van der Waals surface area (Å²) in [7, 11) is 0. The Kier molecular flexibility index (Phi) is 2.91. The zero-order chi connectivity index (χ0) is 9.52. The molecule has 0 bridgehead atoms. The quantitative estimate of drug-likeness (QED) is 0.711. The van der Waals surface area contributed by atoms with Gasteiger partial charge in [0, 0.05) is 0 Å². The Morgan fingerprint density at radius 3 is 2.00 bits per heavy atom. The zero-order valence-corrected chi connectivity index (χ0v) is 11.0. The van der Waals surface area contributed by atoms with Crippen LogP contribution in [0.2, 0.25) is 5.15 Å². The molecular weight excluding hydrogens is 307 g/mol. The number of rotatable bonds is 0. The van der Waals surface area contributed by atoms with Crippen molar-refractivity contribution in [2.45, 2.75) is 26.3 Å². The lowest BCUT2D eigenvalue weighted by atomic mass is 10.1. The lowest BCUT2D eigenvalue weighted by molar-refractivity contribution is 0.348. The molecular formula is C7H9Br2ClN2. The van der Waals surface area contributed by atoms with Gasteiger partial charge in [-0.15, -0.1) is 0 Å². The highest BCUT2D eigenvalue weighted by molar-refractivity contribution is 9.13. The molecule has 68 valence electrons. The van der Waals surface area contributed by atoms with Crippen LogP contribution >= 0.6 is 43.5 Å². The first-order chi connectivity index (χ1) is 5.34. The van der Waals surface area contributed by atoms with Crippen LogP contribution in [0.15, 0.2) is 9.08 Å². The third-order valence-electron chi connectivity index (χ3n) is 1.37. The van der Waals surface area contributed by atoms with Crippen LogP contribution in [-0.2, 0) is 5.54 Å². The number of hydrogen-bond acceptors (Lipinski definition) is 1. The Balaban J connectivity index is 3.28. The lowest BCUT2D eigenvalue weighted by Gasteiger charge is -2.20. The van der Waals surface area contributed by atoms with Gasteiger partial charge < -0.3 is 0 Å². The van der Waals surface area contributed by atoms with Crippen LogP contribution in [0.4, 0.5) is 0 Å². The van der Waals surface area contributed by atoms with E-state index in [9.17, 15) is 0 Å². The van der Waals surface area contributed by atoms with Crippen molar-refractivity contribution in [3.8, 4) is 0 Å². The van der Waals surface area contributed by atoms with Crippen LogP contribution in [0.3, 0.4) is 0 Å². The van der Waals surface area contributed by atoms with Gasteiger partial charge in [-0.05, 0) is 52.6 Å². The van der Waals surface area contributed by atoms with E-state index in [4.69, 9.17) is 11.6 Å². The van der Waals surface area contributed by atoms with Gasteiger partial charge in [0.25, 0.3) is 0 Å². The van der Waals surface area contributed by atoms with Gasteiger partial charge >= 0.3 is 0 Å². The molecule has 0 radical (unpaired) electrons. The van der Waals surface area contributed by atoms with Gasteiger partial charge in [-0.2, -0.15) is 5.10 Å². The lowest BCUT2D eigenvalue weighted by Crippen LogP contribution is -2.23. The molecule has 1 aromatic rings. The molecule has 1 aromatic heterocycles. The van der Waals surface area contributed by atoms with E-state index in [1.165, 1.54) is 0 Å². The molecule has 1 rings (SSSR count). The topological polar surface area (TPSA) is 17.8 Å². The molecule has 0 aliphatic carbocycles. The molecule has 0 fully saturated rings. The molecule has 12 heavy (non-hydrogen) atoms. The molecule has 0 unspecified atom stereocenters. The third-order valence-corrected chi connectivity index (χ3v) is 3.88. The molecule has 0 N–H and O–H groups in total. The van der Waals surface area contributed by atoms with Gasteiger partial charge in [-0.3, -0.25) is 4.68 Å². The van der Waals surface area contributed by atoms with Crippen LogP contribution in [0.25, 0.3) is 0 Å². The average molecular weight is 316 g/mol. The highest BCUT2D eigenvalue weighted by Crippen LogP contribution is 2.33. The number of hydrogen-bond donors (Lipinski definition) is 0. The molecule has 0 spiro atoms. The van der Waals surface area contributed by atoms with Crippen LogP contribution in [-0.4, -0.2) is 9.78 Å². The highest BCUT2D eigenvalue weighted by atomic mass is 79.9. The SMILES string of the molecule is CC(C)(C)n1nc(Cl)c(Br)c1Br. The second-order valence-electron chi connectivity index (χ2n) is 3.48. The molecule has 0 aromatic carbocycles. The molecule has 0 atom stereocenters. The predicted octanol–water partition coefficient (Wildman–Crippen LogP) is 3.82. The second kappa shape index (κ2) is 3.31. The number of halogens is 3. The smallest absolute Gasteiger partial charge is 0.166 e. The van der Waals surface area contributed by atoms with Crippen molar-refractivity contribution >= 4 is 43.5 Å². The fourth-order valence-corrected chi connectivity index (χ4v) is 2.12. The Morgan fingerprint density at radius 1 is 1.33 bits per heavy atom. The molecule has 0 aliphatic heterocycles. The maximum absolute atomic E-state index is 5.83. The van der Waals surface area contributed by atoms with E-state index in [0.29, 0.717) is 5.15 Å². The molecule has 5 heteroatoms. The van der Waals surface area contributed by atoms with Crippen LogP contribution in [0.5, 0.6) is 0 Å². The van der Waals surface area contributed by atoms with Gasteiger partial charge in [0.1, 0.15) is 4.60 Å². The Bertz CT molecular complexity index is 301. The Labute approximate surface area is 93.5 Å². The van der Waals surface area contributed by atoms with Gasteiger partial charge in [0.15, 0.2) is 5.15 Å². The van der Waals surface area contributed by atoms with E-state index >= 15 is 0 Å². The average Bonchev–Trinajstić information content (AvgIpc) is 2.15. The molecule has 1 heterocycles. The van der Waals surface area contributed by atoms with E-state index in [0.717, 1.165) is 9.08 Å². The largest absolute Gasteiger partial charge is 0.251 e. The summed E-state index contributed by atoms with van der Waals surface area (Å²) in [5.41, 5.74) is -0.0610. The summed E-state index contributed by atoms with van der Waals surface area (Å²) in [6.07, 6.45) is 0. The first-order valence-corrected chi connectivity index (χ1v) is 5.40. The first kappa shape index (κ1) is 10.5. The predicted molar refractivity (Wildman–Crippen MR) is 57.6 cm³/mol. The van der Waals surface area contributed by atoms with E-state index in [1.807, 2.05) is 4.68 Å². The van der Waals surface area contributed by atoms with E-state index in [2.05, 4.69) is 57.7 Å². The summed E-state index contributed by atoms with van der Waals surface area (Å²) in [4.78, 5) is 0. The number of nitrogens with zero attached hydrogens (tertiary/aromatic N) is 2. The van der Waals surface area contributed by atoms with Crippen molar-refractivity contribution in [1.82, 2.24) is 9.78 Å². The molecule has 0 amide bonds. The van der Waals surface area contributed by atoms with E-state index in [-0.39, 0.29) is 5.54 Å². The van der Waals surface area contributed by atoms with Crippen LogP contribution < -0.4 is 0 Å². The fraction of sp³-hybridized carbons (Fsp3) is 0.571. The minimum atomic E-state index is -0.0610. The van der Waals surface area contributed by atoms with Gasteiger partial charge in [0.05, 0.1) is 10.0 Å². The Hall–Kier alpha value is 0.460. The first-order valence-electron chi connectivity index (χ1n) is 3.44. The van der Waals surface area contributed by atoms with Crippen molar-refractivity contribution in [2.75, 3.05) is 0 Å². The Morgan fingerprint density at radius 2 is 1.83 bits per heavy atom. The molecule has 2 nitrogen and oxygen atoms in total. The van der Waals surface area contributed by atoms with Crippen molar-refractivity contribution in [1.29, 1.82) is 0 Å². The maximum Gasteiger partial charge on any atom is 0.166 e. The second-order valence-corrected chi connectivity index (χ2v) is 5.38. The summed E-state index contributed by atoms with van der Waals surface area (Å²) in [5.74, 6) is 0. The normalized spacial score (nSPS) is 12.2. The minimum Gasteiger partial charge on any atom is -0.251 e. The minimum absolute atomic E-state index is 0.0610. The van der Waals surface area contributed by atoms with E-state index in [1.54, 1.807) is 0 Å². The standard InChI is InChI=1S/C7H9Br2ClN2/c1-7(2,3)12-5(9)4(8)6(10)11-12/h1-3H3. The molecule has 0 saturated carbocycles. The van der Waals surface area contributed by atoms with Crippen molar-refractivity contribution in [2.24, 2.45) is 0 Å². The fourth-order valence-electron chi connectivity index (χ4n) is 0.798. The van der Waals surface area contributed by atoms with E-state index < -0.39 is 0 Å². The maximum atomic E-state index is 5.83. The van der Waals surface area contributed by atoms with Crippen LogP contribution in [0.1, 0.15) is 20.8 Å². The summed E-state index contributed by atoms with van der Waals surface area (Å²) in [5, 5.41) is 4.65. The van der Waals surface area contributed by atoms with Crippen molar-refractivity contribution < 1.29 is 0 Å². The van der Waals surface area contributed by atoms with Gasteiger partial charge in [-0.1, -0.05) is 11.6 Å².